The van der Waals surface area contributed by atoms with Crippen molar-refractivity contribution in [3.63, 3.8) is 0 Å². The maximum atomic E-state index is 9.38. The van der Waals surface area contributed by atoms with E-state index in [4.69, 9.17) is 0 Å². The number of rotatable bonds is 2. The summed E-state index contributed by atoms with van der Waals surface area (Å²) in [6.07, 6.45) is 0.420. The zero-order chi connectivity index (χ0) is 9.68. The summed E-state index contributed by atoms with van der Waals surface area (Å²) >= 11 is 0. The van der Waals surface area contributed by atoms with Crippen LogP contribution in [0.2, 0.25) is 0 Å². The second kappa shape index (κ2) is 5.20. The first-order valence-electron chi connectivity index (χ1n) is 4.49. The van der Waals surface area contributed by atoms with Gasteiger partial charge in [-0.25, -0.2) is 5.01 Å². The van der Waals surface area contributed by atoms with Crippen LogP contribution in [0.4, 0.5) is 0 Å². The van der Waals surface area contributed by atoms with Gasteiger partial charge in [-0.3, -0.25) is 10.3 Å². The average molecular weight is 183 g/mol. The Morgan fingerprint density at radius 3 is 2.85 bits per heavy atom. The van der Waals surface area contributed by atoms with Gasteiger partial charge in [-0.15, -0.1) is 0 Å². The van der Waals surface area contributed by atoms with Crippen LogP contribution in [0.25, 0.3) is 0 Å². The van der Waals surface area contributed by atoms with E-state index in [1.54, 1.807) is 5.01 Å². The molecule has 0 aromatic heterocycles. The number of aliphatic hydroxyl groups excluding tert-OH is 1. The minimum absolute atomic E-state index is 0.367. The van der Waals surface area contributed by atoms with Crippen LogP contribution in [0.15, 0.2) is 0 Å². The van der Waals surface area contributed by atoms with Crippen molar-refractivity contribution in [2.45, 2.75) is 12.6 Å². The van der Waals surface area contributed by atoms with Gasteiger partial charge < -0.3 is 5.11 Å². The van der Waals surface area contributed by atoms with Crippen molar-refractivity contribution in [1.82, 2.24) is 15.3 Å². The second-order valence-electron chi connectivity index (χ2n) is 3.40. The van der Waals surface area contributed by atoms with E-state index in [9.17, 15) is 5.11 Å². The molecule has 4 nitrogen and oxygen atoms in total. The summed E-state index contributed by atoms with van der Waals surface area (Å²) in [5, 5.41) is 11.1. The van der Waals surface area contributed by atoms with Crippen molar-refractivity contribution < 1.29 is 5.11 Å². The highest BCUT2D eigenvalue weighted by atomic mass is 16.3. The van der Waals surface area contributed by atoms with Gasteiger partial charge in [0, 0.05) is 13.0 Å². The third-order valence-electron chi connectivity index (χ3n) is 1.85. The molecule has 0 aromatic carbocycles. The molecule has 74 valence electrons. The Morgan fingerprint density at radius 1 is 1.54 bits per heavy atom. The Kier molecular flexibility index (Phi) is 4.19. The first-order valence-corrected chi connectivity index (χ1v) is 4.49. The van der Waals surface area contributed by atoms with Gasteiger partial charge in [-0.2, -0.15) is 0 Å². The maximum absolute atomic E-state index is 9.38. The molecule has 0 radical (unpaired) electrons. The van der Waals surface area contributed by atoms with Gasteiger partial charge in [0.25, 0.3) is 0 Å². The minimum Gasteiger partial charge on any atom is -0.377 e. The van der Waals surface area contributed by atoms with Crippen LogP contribution in [0.3, 0.4) is 0 Å². The molecule has 1 heterocycles. The Bertz CT molecular complexity index is 207. The van der Waals surface area contributed by atoms with Crippen molar-refractivity contribution in [2.75, 3.05) is 33.7 Å². The number of hydrogen-bond acceptors (Lipinski definition) is 4. The van der Waals surface area contributed by atoms with Crippen LogP contribution in [-0.4, -0.2) is 55.0 Å². The smallest absolute Gasteiger partial charge is 0.122 e. The van der Waals surface area contributed by atoms with Crippen LogP contribution in [0, 0.1) is 11.8 Å². The van der Waals surface area contributed by atoms with E-state index < -0.39 is 0 Å². The fourth-order valence-corrected chi connectivity index (χ4v) is 1.11. The van der Waals surface area contributed by atoms with Gasteiger partial charge in [-0.05, 0) is 14.1 Å². The van der Waals surface area contributed by atoms with E-state index in [2.05, 4.69) is 17.3 Å². The largest absolute Gasteiger partial charge is 0.377 e. The number of aliphatic hydroxyl groups is 1. The molecule has 0 amide bonds. The molecule has 4 heteroatoms. The second-order valence-corrected chi connectivity index (χ2v) is 3.40. The van der Waals surface area contributed by atoms with E-state index in [0.717, 1.165) is 19.5 Å². The Balaban J connectivity index is 2.20. The number of hydrogen-bond donors (Lipinski definition) is 2. The number of nitrogens with one attached hydrogen (secondary N) is 1. The molecule has 1 atom stereocenters. The van der Waals surface area contributed by atoms with Crippen LogP contribution < -0.4 is 5.43 Å². The Hall–Kier alpha value is -0.600. The normalized spacial score (nSPS) is 23.2. The molecule has 1 saturated heterocycles. The fourth-order valence-electron chi connectivity index (χ4n) is 1.11. The topological polar surface area (TPSA) is 38.7 Å². The first-order chi connectivity index (χ1) is 6.20. The molecule has 2 N–H and O–H groups in total. The number of nitrogens with zero attached hydrogens (tertiary/aromatic N) is 2. The van der Waals surface area contributed by atoms with E-state index in [1.807, 2.05) is 19.0 Å². The zero-order valence-corrected chi connectivity index (χ0v) is 8.25. The molecule has 1 aliphatic rings. The van der Waals surface area contributed by atoms with Crippen LogP contribution in [0.5, 0.6) is 0 Å². The molecule has 0 aliphatic carbocycles. The molecule has 1 rings (SSSR count). The molecule has 1 aliphatic heterocycles. The van der Waals surface area contributed by atoms with E-state index in [0.29, 0.717) is 6.54 Å². The van der Waals surface area contributed by atoms with Gasteiger partial charge in [0.2, 0.25) is 0 Å². The monoisotopic (exact) mass is 183 g/mol. The minimum atomic E-state index is -0.367. The van der Waals surface area contributed by atoms with Gasteiger partial charge in [-0.1, -0.05) is 11.8 Å². The van der Waals surface area contributed by atoms with Gasteiger partial charge >= 0.3 is 0 Å². The third-order valence-corrected chi connectivity index (χ3v) is 1.85. The summed E-state index contributed by atoms with van der Waals surface area (Å²) in [5.74, 6) is 6.02. The lowest BCUT2D eigenvalue weighted by Crippen LogP contribution is -2.37. The molecular formula is C9H17N3O. The SMILES string of the molecule is CN(C)CC#CCN1NCCC1O. The lowest BCUT2D eigenvalue weighted by atomic mass is 10.4. The molecule has 0 saturated carbocycles. The Morgan fingerprint density at radius 2 is 2.31 bits per heavy atom. The molecule has 0 aromatic rings. The van der Waals surface area contributed by atoms with Crippen molar-refractivity contribution in [1.29, 1.82) is 0 Å². The van der Waals surface area contributed by atoms with E-state index in [1.165, 1.54) is 0 Å². The highest BCUT2D eigenvalue weighted by Gasteiger charge is 2.19. The van der Waals surface area contributed by atoms with Crippen LogP contribution in [-0.2, 0) is 0 Å². The van der Waals surface area contributed by atoms with Gasteiger partial charge in [0.15, 0.2) is 0 Å². The summed E-state index contributed by atoms with van der Waals surface area (Å²) in [6, 6.07) is 0. The number of hydrazine groups is 1. The first kappa shape index (κ1) is 10.5. The predicted molar refractivity (Wildman–Crippen MR) is 51.7 cm³/mol. The average Bonchev–Trinajstić information content (AvgIpc) is 2.45. The molecular weight excluding hydrogens is 166 g/mol. The molecule has 0 spiro atoms. The third kappa shape index (κ3) is 3.75. The summed E-state index contributed by atoms with van der Waals surface area (Å²) in [5.41, 5.74) is 3.06. The van der Waals surface area contributed by atoms with Crippen molar-refractivity contribution in [2.24, 2.45) is 0 Å². The van der Waals surface area contributed by atoms with Crippen molar-refractivity contribution in [3.8, 4) is 11.8 Å². The highest BCUT2D eigenvalue weighted by molar-refractivity contribution is 5.03. The lowest BCUT2D eigenvalue weighted by molar-refractivity contribution is 0.0224. The van der Waals surface area contributed by atoms with E-state index in [-0.39, 0.29) is 6.23 Å². The lowest BCUT2D eigenvalue weighted by Gasteiger charge is -2.15. The summed E-state index contributed by atoms with van der Waals surface area (Å²) < 4.78 is 0. The highest BCUT2D eigenvalue weighted by Crippen LogP contribution is 2.02. The molecule has 13 heavy (non-hydrogen) atoms. The van der Waals surface area contributed by atoms with Crippen LogP contribution >= 0.6 is 0 Å². The molecule has 1 unspecified atom stereocenters. The zero-order valence-electron chi connectivity index (χ0n) is 8.25. The predicted octanol–water partition coefficient (Wildman–Crippen LogP) is -0.920. The standard InChI is InChI=1S/C9H17N3O/c1-11(2)7-3-4-8-12-9(13)5-6-10-12/h9-10,13H,5-8H2,1-2H3. The summed E-state index contributed by atoms with van der Waals surface area (Å²) in [7, 11) is 3.97. The summed E-state index contributed by atoms with van der Waals surface area (Å²) in [6.45, 7) is 2.20. The fraction of sp³-hybridized carbons (Fsp3) is 0.778. The van der Waals surface area contributed by atoms with E-state index >= 15 is 0 Å². The quantitative estimate of drug-likeness (QED) is 0.543. The van der Waals surface area contributed by atoms with Gasteiger partial charge in [0.05, 0.1) is 13.1 Å². The Labute approximate surface area is 79.5 Å². The van der Waals surface area contributed by atoms with Gasteiger partial charge in [0.1, 0.15) is 6.23 Å². The molecule has 0 bridgehead atoms. The maximum Gasteiger partial charge on any atom is 0.122 e. The summed E-state index contributed by atoms with van der Waals surface area (Å²) in [4.78, 5) is 2.01. The molecule has 1 fully saturated rings. The van der Waals surface area contributed by atoms with Crippen molar-refractivity contribution >= 4 is 0 Å². The van der Waals surface area contributed by atoms with Crippen molar-refractivity contribution in [3.05, 3.63) is 0 Å². The van der Waals surface area contributed by atoms with Crippen LogP contribution in [0.1, 0.15) is 6.42 Å².